The molecule has 0 N–H and O–H groups in total. The quantitative estimate of drug-likeness (QED) is 0.725. The summed E-state index contributed by atoms with van der Waals surface area (Å²) in [5.74, 6) is 0.0996. The summed E-state index contributed by atoms with van der Waals surface area (Å²) in [4.78, 5) is 11.4. The van der Waals surface area contributed by atoms with Gasteiger partial charge < -0.3 is 14.2 Å². The molecule has 1 aromatic rings. The molecule has 0 aromatic heterocycles. The number of carbonyl (C=O) groups excluding carboxylic acids is 1. The van der Waals surface area contributed by atoms with E-state index in [9.17, 15) is 4.79 Å². The smallest absolute Gasteiger partial charge is 0.160 e. The molecule has 3 atom stereocenters. The highest BCUT2D eigenvalue weighted by Crippen LogP contribution is 2.22. The molecule has 1 aromatic carbocycles. The molecule has 1 saturated heterocycles. The Morgan fingerprint density at radius 3 is 2.86 bits per heavy atom. The molecule has 0 bridgehead atoms. The molecule has 0 aliphatic carbocycles. The Hall–Kier alpha value is -1.23. The summed E-state index contributed by atoms with van der Waals surface area (Å²) in [5.41, 5.74) is 1.16. The number of benzene rings is 1. The number of Topliss-reactive ketones (excluding diaryl/α,β-unsaturated/α-hetero) is 1. The van der Waals surface area contributed by atoms with Gasteiger partial charge in [-0.25, -0.2) is 0 Å². The second-order valence-corrected chi connectivity index (χ2v) is 5.49. The summed E-state index contributed by atoms with van der Waals surface area (Å²) in [5, 5.41) is 0. The van der Waals surface area contributed by atoms with Crippen LogP contribution in [-0.4, -0.2) is 31.4 Å². The number of hydrogen-bond acceptors (Lipinski definition) is 4. The van der Waals surface area contributed by atoms with E-state index in [0.29, 0.717) is 26.2 Å². The van der Waals surface area contributed by atoms with Crippen molar-refractivity contribution in [3.8, 4) is 0 Å². The molecule has 1 aliphatic rings. The Morgan fingerprint density at radius 1 is 1.38 bits per heavy atom. The molecule has 21 heavy (non-hydrogen) atoms. The van der Waals surface area contributed by atoms with Crippen LogP contribution in [0.2, 0.25) is 0 Å². The number of carbonyl (C=O) groups is 1. The monoisotopic (exact) mass is 292 g/mol. The summed E-state index contributed by atoms with van der Waals surface area (Å²) < 4.78 is 17.1. The normalized spacial score (nSPS) is 23.7. The van der Waals surface area contributed by atoms with E-state index >= 15 is 0 Å². The Bertz CT molecular complexity index is 432. The Morgan fingerprint density at radius 2 is 2.14 bits per heavy atom. The highest BCUT2D eigenvalue weighted by molar-refractivity contribution is 5.78. The van der Waals surface area contributed by atoms with E-state index in [1.807, 2.05) is 37.3 Å². The molecular weight excluding hydrogens is 268 g/mol. The third kappa shape index (κ3) is 5.23. The predicted molar refractivity (Wildman–Crippen MR) is 79.8 cm³/mol. The molecule has 1 fully saturated rings. The number of hydrogen-bond donors (Lipinski definition) is 0. The minimum Gasteiger partial charge on any atom is -0.377 e. The number of ether oxygens (including phenoxy) is 3. The average Bonchev–Trinajstić information content (AvgIpc) is 2.52. The summed E-state index contributed by atoms with van der Waals surface area (Å²) in [7, 11) is 0. The SMILES string of the molecule is CC(=O)[C@H](C)[C@H]1CCO[C@@H](CCOCc2ccccc2)O1. The van der Waals surface area contributed by atoms with Crippen molar-refractivity contribution in [2.75, 3.05) is 13.2 Å². The lowest BCUT2D eigenvalue weighted by atomic mass is 9.97. The van der Waals surface area contributed by atoms with Crippen molar-refractivity contribution in [3.05, 3.63) is 35.9 Å². The molecule has 0 radical (unpaired) electrons. The highest BCUT2D eigenvalue weighted by atomic mass is 16.7. The highest BCUT2D eigenvalue weighted by Gasteiger charge is 2.29. The first kappa shape index (κ1) is 16.1. The standard InChI is InChI=1S/C17H24O4/c1-13(14(2)18)16-8-11-20-17(21-16)9-10-19-12-15-6-4-3-5-7-15/h3-7,13,16-17H,8-12H2,1-2H3/t13-,16+,17+/m0/s1. The van der Waals surface area contributed by atoms with E-state index in [4.69, 9.17) is 14.2 Å². The van der Waals surface area contributed by atoms with E-state index in [1.54, 1.807) is 6.92 Å². The van der Waals surface area contributed by atoms with Crippen molar-refractivity contribution in [1.82, 2.24) is 0 Å². The fourth-order valence-electron chi connectivity index (χ4n) is 2.34. The van der Waals surface area contributed by atoms with E-state index in [0.717, 1.165) is 12.0 Å². The van der Waals surface area contributed by atoms with Crippen molar-refractivity contribution in [1.29, 1.82) is 0 Å². The van der Waals surface area contributed by atoms with Gasteiger partial charge in [-0.2, -0.15) is 0 Å². The number of rotatable bonds is 7. The van der Waals surface area contributed by atoms with Crippen molar-refractivity contribution in [3.63, 3.8) is 0 Å². The Balaban J connectivity index is 1.67. The van der Waals surface area contributed by atoms with Gasteiger partial charge in [0.1, 0.15) is 5.78 Å². The Kier molecular flexibility index (Phi) is 6.36. The van der Waals surface area contributed by atoms with Gasteiger partial charge in [0, 0.05) is 12.3 Å². The molecule has 0 unspecified atom stereocenters. The van der Waals surface area contributed by atoms with Crippen molar-refractivity contribution >= 4 is 5.78 Å². The lowest BCUT2D eigenvalue weighted by Gasteiger charge is -2.32. The summed E-state index contributed by atoms with van der Waals surface area (Å²) in [6.07, 6.45) is 1.17. The van der Waals surface area contributed by atoms with Crippen LogP contribution in [0.25, 0.3) is 0 Å². The van der Waals surface area contributed by atoms with Crippen LogP contribution in [0.3, 0.4) is 0 Å². The second kappa shape index (κ2) is 8.27. The zero-order valence-electron chi connectivity index (χ0n) is 12.8. The van der Waals surface area contributed by atoms with Crippen molar-refractivity contribution < 1.29 is 19.0 Å². The van der Waals surface area contributed by atoms with Gasteiger partial charge in [0.2, 0.25) is 0 Å². The van der Waals surface area contributed by atoms with Crippen LogP contribution < -0.4 is 0 Å². The van der Waals surface area contributed by atoms with Gasteiger partial charge in [0.05, 0.1) is 25.9 Å². The van der Waals surface area contributed by atoms with Gasteiger partial charge in [-0.05, 0) is 18.9 Å². The minimum atomic E-state index is -0.263. The van der Waals surface area contributed by atoms with Crippen molar-refractivity contribution in [2.24, 2.45) is 5.92 Å². The van der Waals surface area contributed by atoms with Gasteiger partial charge in [-0.1, -0.05) is 37.3 Å². The summed E-state index contributed by atoms with van der Waals surface area (Å²) in [6, 6.07) is 10.1. The third-order valence-electron chi connectivity index (χ3n) is 3.84. The molecule has 0 saturated carbocycles. The zero-order valence-corrected chi connectivity index (χ0v) is 12.8. The van der Waals surface area contributed by atoms with Gasteiger partial charge in [-0.3, -0.25) is 4.79 Å². The maximum absolute atomic E-state index is 11.4. The van der Waals surface area contributed by atoms with Crippen LogP contribution in [-0.2, 0) is 25.6 Å². The van der Waals surface area contributed by atoms with Gasteiger partial charge in [0.15, 0.2) is 6.29 Å². The third-order valence-corrected chi connectivity index (χ3v) is 3.84. The van der Waals surface area contributed by atoms with Crippen LogP contribution in [0, 0.1) is 5.92 Å². The van der Waals surface area contributed by atoms with Crippen LogP contribution in [0.15, 0.2) is 30.3 Å². The second-order valence-electron chi connectivity index (χ2n) is 5.49. The minimum absolute atomic E-state index is 0.0321. The van der Waals surface area contributed by atoms with Crippen LogP contribution in [0.1, 0.15) is 32.3 Å². The molecule has 0 amide bonds. The first-order valence-corrected chi connectivity index (χ1v) is 7.56. The van der Waals surface area contributed by atoms with E-state index in [1.165, 1.54) is 0 Å². The van der Waals surface area contributed by atoms with Gasteiger partial charge in [0.25, 0.3) is 0 Å². The maximum atomic E-state index is 11.4. The first-order valence-electron chi connectivity index (χ1n) is 7.56. The van der Waals surface area contributed by atoms with Gasteiger partial charge >= 0.3 is 0 Å². The fourth-order valence-corrected chi connectivity index (χ4v) is 2.34. The molecule has 4 nitrogen and oxygen atoms in total. The maximum Gasteiger partial charge on any atom is 0.160 e. The lowest BCUT2D eigenvalue weighted by Crippen LogP contribution is -2.38. The first-order chi connectivity index (χ1) is 10.2. The fraction of sp³-hybridized carbons (Fsp3) is 0.588. The lowest BCUT2D eigenvalue weighted by molar-refractivity contribution is -0.227. The van der Waals surface area contributed by atoms with E-state index in [-0.39, 0.29) is 24.1 Å². The summed E-state index contributed by atoms with van der Waals surface area (Å²) in [6.45, 7) is 5.36. The predicted octanol–water partition coefficient (Wildman–Crippen LogP) is 2.95. The van der Waals surface area contributed by atoms with Gasteiger partial charge in [-0.15, -0.1) is 0 Å². The molecule has 4 heteroatoms. The van der Waals surface area contributed by atoms with Crippen LogP contribution in [0.5, 0.6) is 0 Å². The van der Waals surface area contributed by atoms with E-state index in [2.05, 4.69) is 0 Å². The average molecular weight is 292 g/mol. The molecular formula is C17H24O4. The topological polar surface area (TPSA) is 44.8 Å². The zero-order chi connectivity index (χ0) is 15.1. The van der Waals surface area contributed by atoms with Crippen LogP contribution in [0.4, 0.5) is 0 Å². The largest absolute Gasteiger partial charge is 0.377 e. The Labute approximate surface area is 126 Å². The molecule has 0 spiro atoms. The molecule has 2 rings (SSSR count). The van der Waals surface area contributed by atoms with Crippen LogP contribution >= 0.6 is 0 Å². The number of ketones is 1. The molecule has 1 aliphatic heterocycles. The molecule has 116 valence electrons. The van der Waals surface area contributed by atoms with E-state index < -0.39 is 0 Å². The summed E-state index contributed by atoms with van der Waals surface area (Å²) >= 11 is 0. The van der Waals surface area contributed by atoms with Crippen molar-refractivity contribution in [2.45, 2.75) is 45.7 Å². The molecule has 1 heterocycles.